The molecule has 0 aliphatic carbocycles. The van der Waals surface area contributed by atoms with Crippen molar-refractivity contribution in [3.05, 3.63) is 65.7 Å². The summed E-state index contributed by atoms with van der Waals surface area (Å²) in [5.74, 6) is -0.770. The van der Waals surface area contributed by atoms with E-state index >= 15 is 0 Å². The summed E-state index contributed by atoms with van der Waals surface area (Å²) in [6.45, 7) is 0. The zero-order valence-corrected chi connectivity index (χ0v) is 10.9. The molecule has 0 spiro atoms. The number of carbonyl (C=O) groups is 1. The van der Waals surface area contributed by atoms with Crippen molar-refractivity contribution in [3.8, 4) is 0 Å². The summed E-state index contributed by atoms with van der Waals surface area (Å²) < 4.78 is 13.4. The smallest absolute Gasteiger partial charge is 0.271 e. The number of rotatable bonds is 3. The molecule has 0 fully saturated rings. The molecule has 0 saturated carbocycles. The molecule has 1 aromatic heterocycles. The van der Waals surface area contributed by atoms with Crippen molar-refractivity contribution in [2.24, 2.45) is 5.10 Å². The SMILES string of the molecule is O=C(N/N=C\c1ccccc1F)c1ccc2nc[nH]c2c1. The highest BCUT2D eigenvalue weighted by Crippen LogP contribution is 2.11. The van der Waals surface area contributed by atoms with Crippen molar-refractivity contribution in [3.63, 3.8) is 0 Å². The lowest BCUT2D eigenvalue weighted by atomic mass is 10.2. The molecule has 0 saturated heterocycles. The van der Waals surface area contributed by atoms with Crippen LogP contribution < -0.4 is 5.43 Å². The lowest BCUT2D eigenvalue weighted by molar-refractivity contribution is 0.0955. The topological polar surface area (TPSA) is 70.1 Å². The van der Waals surface area contributed by atoms with Crippen LogP contribution in [0.1, 0.15) is 15.9 Å². The molecule has 6 heteroatoms. The number of carbonyl (C=O) groups excluding carboxylic acids is 1. The average Bonchev–Trinajstić information content (AvgIpc) is 2.96. The number of hydrogen-bond donors (Lipinski definition) is 2. The van der Waals surface area contributed by atoms with Gasteiger partial charge in [0, 0.05) is 11.1 Å². The molecular formula is C15H11FN4O. The number of H-pyrrole nitrogens is 1. The van der Waals surface area contributed by atoms with Crippen LogP contribution >= 0.6 is 0 Å². The number of hydrazone groups is 1. The number of halogens is 1. The standard InChI is InChI=1S/C15H11FN4O/c16-12-4-2-1-3-11(12)8-19-20-15(21)10-5-6-13-14(7-10)18-9-17-13/h1-9H,(H,17,18)(H,20,21)/b19-8-. The quantitative estimate of drug-likeness (QED) is 0.572. The number of hydrogen-bond acceptors (Lipinski definition) is 3. The Bertz CT molecular complexity index is 825. The first-order valence-electron chi connectivity index (χ1n) is 6.25. The van der Waals surface area contributed by atoms with Gasteiger partial charge in [-0.05, 0) is 24.3 Å². The van der Waals surface area contributed by atoms with Crippen LogP contribution in [0.4, 0.5) is 4.39 Å². The number of nitrogens with zero attached hydrogens (tertiary/aromatic N) is 2. The predicted octanol–water partition coefficient (Wildman–Crippen LogP) is 2.47. The fourth-order valence-corrected chi connectivity index (χ4v) is 1.88. The first-order valence-corrected chi connectivity index (χ1v) is 6.25. The van der Waals surface area contributed by atoms with E-state index in [4.69, 9.17) is 0 Å². The number of aromatic nitrogens is 2. The van der Waals surface area contributed by atoms with Gasteiger partial charge >= 0.3 is 0 Å². The third-order valence-corrected chi connectivity index (χ3v) is 2.96. The fourth-order valence-electron chi connectivity index (χ4n) is 1.88. The highest BCUT2D eigenvalue weighted by atomic mass is 19.1. The number of imidazole rings is 1. The lowest BCUT2D eigenvalue weighted by Gasteiger charge is -2.00. The van der Waals surface area contributed by atoms with Crippen LogP contribution in [0.15, 0.2) is 53.9 Å². The normalized spacial score (nSPS) is 11.1. The summed E-state index contributed by atoms with van der Waals surface area (Å²) in [5, 5.41) is 3.76. The van der Waals surface area contributed by atoms with Crippen LogP contribution in [-0.4, -0.2) is 22.1 Å². The molecule has 0 aliphatic heterocycles. The number of amides is 1. The Morgan fingerprint density at radius 3 is 3.00 bits per heavy atom. The van der Waals surface area contributed by atoms with E-state index in [1.54, 1.807) is 42.7 Å². The predicted molar refractivity (Wildman–Crippen MR) is 77.6 cm³/mol. The van der Waals surface area contributed by atoms with E-state index in [0.717, 1.165) is 11.0 Å². The van der Waals surface area contributed by atoms with Crippen LogP contribution in [0.25, 0.3) is 11.0 Å². The number of nitrogens with one attached hydrogen (secondary N) is 2. The molecule has 5 nitrogen and oxygen atoms in total. The van der Waals surface area contributed by atoms with Crippen LogP contribution in [-0.2, 0) is 0 Å². The summed E-state index contributed by atoms with van der Waals surface area (Å²) in [6.07, 6.45) is 2.82. The summed E-state index contributed by atoms with van der Waals surface area (Å²) in [6, 6.07) is 11.2. The molecule has 3 aromatic rings. The molecular weight excluding hydrogens is 271 g/mol. The van der Waals surface area contributed by atoms with E-state index in [1.807, 2.05) is 0 Å². The van der Waals surface area contributed by atoms with Gasteiger partial charge in [-0.2, -0.15) is 5.10 Å². The Hall–Kier alpha value is -3.02. The van der Waals surface area contributed by atoms with Gasteiger partial charge in [0.15, 0.2) is 0 Å². The van der Waals surface area contributed by atoms with E-state index in [0.29, 0.717) is 11.1 Å². The monoisotopic (exact) mass is 282 g/mol. The fraction of sp³-hybridized carbons (Fsp3) is 0. The van der Waals surface area contributed by atoms with Crippen LogP contribution in [0.3, 0.4) is 0 Å². The van der Waals surface area contributed by atoms with Gasteiger partial charge < -0.3 is 4.98 Å². The van der Waals surface area contributed by atoms with Gasteiger partial charge in [-0.3, -0.25) is 4.79 Å². The van der Waals surface area contributed by atoms with E-state index < -0.39 is 5.82 Å². The maximum atomic E-state index is 13.4. The molecule has 104 valence electrons. The highest BCUT2D eigenvalue weighted by Gasteiger charge is 2.06. The van der Waals surface area contributed by atoms with Crippen molar-refractivity contribution >= 4 is 23.2 Å². The molecule has 0 bridgehead atoms. The molecule has 1 heterocycles. The Balaban J connectivity index is 1.73. The van der Waals surface area contributed by atoms with E-state index in [-0.39, 0.29) is 5.91 Å². The van der Waals surface area contributed by atoms with Crippen molar-refractivity contribution in [1.82, 2.24) is 15.4 Å². The van der Waals surface area contributed by atoms with E-state index in [9.17, 15) is 9.18 Å². The average molecular weight is 282 g/mol. The summed E-state index contributed by atoms with van der Waals surface area (Å²) in [4.78, 5) is 18.9. The van der Waals surface area contributed by atoms with Gasteiger partial charge in [0.2, 0.25) is 0 Å². The van der Waals surface area contributed by atoms with E-state index in [2.05, 4.69) is 20.5 Å². The van der Waals surface area contributed by atoms with E-state index in [1.165, 1.54) is 12.3 Å². The molecule has 0 radical (unpaired) electrons. The Morgan fingerprint density at radius 1 is 1.29 bits per heavy atom. The van der Waals surface area contributed by atoms with Gasteiger partial charge in [0.1, 0.15) is 5.82 Å². The van der Waals surface area contributed by atoms with Crippen molar-refractivity contribution in [2.45, 2.75) is 0 Å². The third-order valence-electron chi connectivity index (χ3n) is 2.96. The van der Waals surface area contributed by atoms with Gasteiger partial charge in [0.25, 0.3) is 5.91 Å². The van der Waals surface area contributed by atoms with Gasteiger partial charge in [-0.1, -0.05) is 18.2 Å². The highest BCUT2D eigenvalue weighted by molar-refractivity contribution is 5.97. The maximum absolute atomic E-state index is 13.4. The van der Waals surface area contributed by atoms with Gasteiger partial charge in [-0.15, -0.1) is 0 Å². The molecule has 0 aliphatic rings. The molecule has 2 aromatic carbocycles. The second-order valence-corrected chi connectivity index (χ2v) is 4.36. The second kappa shape index (κ2) is 5.54. The number of fused-ring (bicyclic) bond motifs is 1. The summed E-state index contributed by atoms with van der Waals surface area (Å²) >= 11 is 0. The van der Waals surface area contributed by atoms with Crippen molar-refractivity contribution in [2.75, 3.05) is 0 Å². The molecule has 0 atom stereocenters. The Morgan fingerprint density at radius 2 is 2.14 bits per heavy atom. The van der Waals surface area contributed by atoms with Crippen LogP contribution in [0.2, 0.25) is 0 Å². The third kappa shape index (κ3) is 2.79. The second-order valence-electron chi connectivity index (χ2n) is 4.36. The van der Waals surface area contributed by atoms with Gasteiger partial charge in [0.05, 0.1) is 23.6 Å². The van der Waals surface area contributed by atoms with Gasteiger partial charge in [-0.25, -0.2) is 14.8 Å². The molecule has 2 N–H and O–H groups in total. The first-order chi connectivity index (χ1) is 10.2. The Labute approximate surface area is 119 Å². The lowest BCUT2D eigenvalue weighted by Crippen LogP contribution is -2.17. The largest absolute Gasteiger partial charge is 0.345 e. The molecule has 1 amide bonds. The number of aromatic amines is 1. The van der Waals surface area contributed by atoms with Crippen molar-refractivity contribution < 1.29 is 9.18 Å². The Kier molecular flexibility index (Phi) is 3.42. The zero-order valence-electron chi connectivity index (χ0n) is 10.9. The van der Waals surface area contributed by atoms with Crippen LogP contribution in [0, 0.1) is 5.82 Å². The molecule has 21 heavy (non-hydrogen) atoms. The summed E-state index contributed by atoms with van der Waals surface area (Å²) in [7, 11) is 0. The molecule has 0 unspecified atom stereocenters. The van der Waals surface area contributed by atoms with Crippen molar-refractivity contribution in [1.29, 1.82) is 0 Å². The number of benzene rings is 2. The first kappa shape index (κ1) is 13.0. The molecule has 3 rings (SSSR count). The minimum absolute atomic E-state index is 0.307. The van der Waals surface area contributed by atoms with Crippen LogP contribution in [0.5, 0.6) is 0 Å². The summed E-state index contributed by atoms with van der Waals surface area (Å²) in [5.41, 5.74) is 4.65. The minimum atomic E-state index is -0.394. The minimum Gasteiger partial charge on any atom is -0.345 e. The zero-order chi connectivity index (χ0) is 14.7. The maximum Gasteiger partial charge on any atom is 0.271 e.